The highest BCUT2D eigenvalue weighted by Gasteiger charge is 2.00. The van der Waals surface area contributed by atoms with E-state index in [4.69, 9.17) is 9.47 Å². The van der Waals surface area contributed by atoms with Crippen molar-refractivity contribution in [1.29, 1.82) is 0 Å². The second-order valence-electron chi connectivity index (χ2n) is 3.96. The summed E-state index contributed by atoms with van der Waals surface area (Å²) < 4.78 is 10.6. The van der Waals surface area contributed by atoms with Crippen molar-refractivity contribution >= 4 is 12.2 Å². The highest BCUT2D eigenvalue weighted by molar-refractivity contribution is 5.77. The fourth-order valence-electron chi connectivity index (χ4n) is 1.40. The van der Waals surface area contributed by atoms with Gasteiger partial charge < -0.3 is 20.5 Å². The number of amides is 1. The van der Waals surface area contributed by atoms with Gasteiger partial charge in [0.25, 0.3) is 0 Å². The summed E-state index contributed by atoms with van der Waals surface area (Å²) >= 11 is 0. The van der Waals surface area contributed by atoms with E-state index in [-0.39, 0.29) is 12.5 Å². The first-order valence-corrected chi connectivity index (χ1v) is 6.97. The number of nitrogens with one attached hydrogen (secondary N) is 1. The molecule has 122 valence electrons. The molecule has 0 heterocycles. The van der Waals surface area contributed by atoms with E-state index in [1.54, 1.807) is 24.3 Å². The summed E-state index contributed by atoms with van der Waals surface area (Å²) in [5, 5.41) is 2.68. The number of carbonyl (C=O) groups excluding carboxylic acids is 2. The van der Waals surface area contributed by atoms with Crippen LogP contribution in [-0.2, 0) is 9.53 Å². The number of ether oxygens (including phenoxy) is 2. The van der Waals surface area contributed by atoms with E-state index in [1.165, 1.54) is 7.05 Å². The molecule has 0 aromatic heterocycles. The summed E-state index contributed by atoms with van der Waals surface area (Å²) in [6.45, 7) is 3.04. The molecule has 1 rings (SSSR count). The Balaban J connectivity index is 0.00000211. The Morgan fingerprint density at radius 1 is 1.32 bits per heavy atom. The van der Waals surface area contributed by atoms with Crippen LogP contribution < -0.4 is 15.8 Å². The predicted molar refractivity (Wildman–Crippen MR) is 86.1 cm³/mol. The number of rotatable bonds is 9. The zero-order valence-electron chi connectivity index (χ0n) is 13.1. The number of aldehydes is 1. The van der Waals surface area contributed by atoms with Crippen LogP contribution in [0.2, 0.25) is 0 Å². The van der Waals surface area contributed by atoms with E-state index >= 15 is 0 Å². The minimum absolute atomic E-state index is 0.00922. The molecular formula is C16H24N2O4. The monoisotopic (exact) mass is 308 g/mol. The first kappa shape index (κ1) is 19.8. The molecule has 0 fully saturated rings. The molecule has 0 atom stereocenters. The van der Waals surface area contributed by atoms with E-state index in [2.05, 4.69) is 11.1 Å². The largest absolute Gasteiger partial charge is 0.491 e. The van der Waals surface area contributed by atoms with Crippen LogP contribution in [0, 0.1) is 0 Å². The summed E-state index contributed by atoms with van der Waals surface area (Å²) in [6, 6.07) is 6.85. The molecule has 0 unspecified atom stereocenters. The molecule has 0 saturated heterocycles. The molecule has 3 N–H and O–H groups in total. The van der Waals surface area contributed by atoms with E-state index in [0.717, 1.165) is 6.29 Å². The Morgan fingerprint density at radius 2 is 2.09 bits per heavy atom. The van der Waals surface area contributed by atoms with Gasteiger partial charge in [0.1, 0.15) is 25.2 Å². The summed E-state index contributed by atoms with van der Waals surface area (Å²) in [4.78, 5) is 21.9. The molecule has 0 aliphatic carbocycles. The third-order valence-corrected chi connectivity index (χ3v) is 2.38. The lowest BCUT2D eigenvalue weighted by Gasteiger charge is -2.07. The van der Waals surface area contributed by atoms with Gasteiger partial charge in [0.2, 0.25) is 5.91 Å². The molecule has 0 aliphatic heterocycles. The molecule has 22 heavy (non-hydrogen) atoms. The van der Waals surface area contributed by atoms with Crippen LogP contribution in [0.3, 0.4) is 0 Å². The van der Waals surface area contributed by atoms with Gasteiger partial charge in [0.15, 0.2) is 0 Å². The average Bonchev–Trinajstić information content (AvgIpc) is 2.57. The number of hydrogen-bond acceptors (Lipinski definition) is 5. The van der Waals surface area contributed by atoms with Gasteiger partial charge in [0, 0.05) is 12.1 Å². The molecule has 0 bridgehead atoms. The maximum absolute atomic E-state index is 11.3. The van der Waals surface area contributed by atoms with Crippen molar-refractivity contribution < 1.29 is 19.1 Å². The second kappa shape index (κ2) is 13.8. The smallest absolute Gasteiger partial charge is 0.246 e. The Hall–Kier alpha value is -2.18. The summed E-state index contributed by atoms with van der Waals surface area (Å²) in [6.07, 6.45) is 4.47. The van der Waals surface area contributed by atoms with Gasteiger partial charge in [-0.2, -0.15) is 0 Å². The van der Waals surface area contributed by atoms with Crippen LogP contribution in [0.5, 0.6) is 5.75 Å². The quantitative estimate of drug-likeness (QED) is 0.406. The third kappa shape index (κ3) is 9.68. The van der Waals surface area contributed by atoms with Gasteiger partial charge in [0.05, 0.1) is 6.61 Å². The van der Waals surface area contributed by atoms with Crippen molar-refractivity contribution in [3.05, 3.63) is 42.0 Å². The van der Waals surface area contributed by atoms with Gasteiger partial charge in [-0.1, -0.05) is 24.3 Å². The molecule has 6 heteroatoms. The lowest BCUT2D eigenvalue weighted by atomic mass is 10.2. The summed E-state index contributed by atoms with van der Waals surface area (Å²) in [5.41, 5.74) is 5.06. The maximum Gasteiger partial charge on any atom is 0.246 e. The van der Waals surface area contributed by atoms with Crippen molar-refractivity contribution in [1.82, 2.24) is 5.32 Å². The molecule has 1 amide bonds. The SMILES string of the molecule is C/C=C/CNC(=O)COCCOc1cccc(C=O)c1.CN. The minimum Gasteiger partial charge on any atom is -0.491 e. The van der Waals surface area contributed by atoms with Crippen LogP contribution in [0.25, 0.3) is 0 Å². The fourth-order valence-corrected chi connectivity index (χ4v) is 1.40. The Labute approximate surface area is 131 Å². The number of hydrogen-bond donors (Lipinski definition) is 2. The molecular weight excluding hydrogens is 284 g/mol. The van der Waals surface area contributed by atoms with Gasteiger partial charge >= 0.3 is 0 Å². The molecule has 1 aromatic carbocycles. The van der Waals surface area contributed by atoms with Gasteiger partial charge in [-0.15, -0.1) is 0 Å². The fraction of sp³-hybridized carbons (Fsp3) is 0.375. The first-order chi connectivity index (χ1) is 10.8. The van der Waals surface area contributed by atoms with Gasteiger partial charge in [-0.05, 0) is 26.1 Å². The average molecular weight is 308 g/mol. The van der Waals surface area contributed by atoms with E-state index in [0.29, 0.717) is 31.1 Å². The van der Waals surface area contributed by atoms with Crippen LogP contribution in [0.4, 0.5) is 0 Å². The zero-order chi connectivity index (χ0) is 16.6. The number of benzene rings is 1. The van der Waals surface area contributed by atoms with Crippen LogP contribution in [-0.4, -0.2) is 45.6 Å². The highest BCUT2D eigenvalue weighted by Crippen LogP contribution is 2.11. The maximum atomic E-state index is 11.3. The highest BCUT2D eigenvalue weighted by atomic mass is 16.5. The zero-order valence-corrected chi connectivity index (χ0v) is 13.1. The normalized spacial score (nSPS) is 9.77. The van der Waals surface area contributed by atoms with Gasteiger partial charge in [-0.3, -0.25) is 9.59 Å². The van der Waals surface area contributed by atoms with Crippen molar-refractivity contribution in [2.24, 2.45) is 5.73 Å². The first-order valence-electron chi connectivity index (χ1n) is 6.97. The summed E-state index contributed by atoms with van der Waals surface area (Å²) in [7, 11) is 1.50. The van der Waals surface area contributed by atoms with Crippen LogP contribution >= 0.6 is 0 Å². The second-order valence-corrected chi connectivity index (χ2v) is 3.96. The molecule has 0 spiro atoms. The number of carbonyl (C=O) groups is 2. The topological polar surface area (TPSA) is 90.6 Å². The van der Waals surface area contributed by atoms with Crippen molar-refractivity contribution in [3.63, 3.8) is 0 Å². The number of nitrogens with two attached hydrogens (primary N) is 1. The van der Waals surface area contributed by atoms with Gasteiger partial charge in [-0.25, -0.2) is 0 Å². The minimum atomic E-state index is -0.161. The molecule has 0 aliphatic rings. The standard InChI is InChI=1S/C15H19NO4.CH5N/c1-2-3-7-16-15(18)12-19-8-9-20-14-6-4-5-13(10-14)11-17;1-2/h2-6,10-11H,7-9,12H2,1H3,(H,16,18);2H2,1H3/b3-2+;. The molecule has 0 radical (unpaired) electrons. The lowest BCUT2D eigenvalue weighted by Crippen LogP contribution is -2.28. The van der Waals surface area contributed by atoms with Crippen molar-refractivity contribution in [3.8, 4) is 5.75 Å². The Kier molecular flexibility index (Phi) is 12.4. The molecule has 1 aromatic rings. The molecule has 6 nitrogen and oxygen atoms in total. The Bertz CT molecular complexity index is 461. The Morgan fingerprint density at radius 3 is 2.77 bits per heavy atom. The van der Waals surface area contributed by atoms with Crippen molar-refractivity contribution in [2.75, 3.05) is 33.4 Å². The molecule has 0 saturated carbocycles. The van der Waals surface area contributed by atoms with Crippen molar-refractivity contribution in [2.45, 2.75) is 6.92 Å². The third-order valence-electron chi connectivity index (χ3n) is 2.38. The number of allylic oxidation sites excluding steroid dienone is 1. The van der Waals surface area contributed by atoms with Crippen LogP contribution in [0.1, 0.15) is 17.3 Å². The predicted octanol–water partition coefficient (Wildman–Crippen LogP) is 1.16. The lowest BCUT2D eigenvalue weighted by molar-refractivity contribution is -0.125. The van der Waals surface area contributed by atoms with Crippen LogP contribution in [0.15, 0.2) is 36.4 Å². The van der Waals surface area contributed by atoms with E-state index < -0.39 is 0 Å². The van der Waals surface area contributed by atoms with E-state index in [1.807, 2.05) is 19.1 Å². The summed E-state index contributed by atoms with van der Waals surface area (Å²) in [5.74, 6) is 0.446. The van der Waals surface area contributed by atoms with E-state index in [9.17, 15) is 9.59 Å².